The number of aliphatic hydroxyl groups excluding tert-OH is 1. The van der Waals surface area contributed by atoms with Gasteiger partial charge in [0.15, 0.2) is 0 Å². The fraction of sp³-hybridized carbons (Fsp3) is 0.533. The average Bonchev–Trinajstić information content (AvgIpc) is 2.92. The minimum absolute atomic E-state index is 0.0174. The van der Waals surface area contributed by atoms with E-state index in [9.17, 15) is 9.90 Å². The van der Waals surface area contributed by atoms with Gasteiger partial charge in [0.05, 0.1) is 0 Å². The third-order valence-electron chi connectivity index (χ3n) is 3.93. The van der Waals surface area contributed by atoms with Crippen molar-refractivity contribution in [3.63, 3.8) is 0 Å². The molecule has 4 heteroatoms. The molecule has 1 aromatic rings. The summed E-state index contributed by atoms with van der Waals surface area (Å²) >= 11 is 1.67. The van der Waals surface area contributed by atoms with Crippen molar-refractivity contribution >= 4 is 17.7 Å². The molecule has 0 aliphatic heterocycles. The molecular formula is C15H21NO2S. The van der Waals surface area contributed by atoms with Gasteiger partial charge in [-0.25, -0.2) is 0 Å². The Morgan fingerprint density at radius 2 is 2.00 bits per heavy atom. The summed E-state index contributed by atoms with van der Waals surface area (Å²) in [6.45, 7) is 0.914. The van der Waals surface area contributed by atoms with Gasteiger partial charge in [-0.1, -0.05) is 6.42 Å². The number of carbonyl (C=O) groups is 1. The Morgan fingerprint density at radius 1 is 1.32 bits per heavy atom. The molecule has 2 atom stereocenters. The van der Waals surface area contributed by atoms with Crippen LogP contribution in [0.15, 0.2) is 29.2 Å². The largest absolute Gasteiger partial charge is 0.396 e. The molecule has 1 aromatic carbocycles. The highest BCUT2D eigenvalue weighted by Gasteiger charge is 2.26. The maximum Gasteiger partial charge on any atom is 0.251 e. The summed E-state index contributed by atoms with van der Waals surface area (Å²) in [5.74, 6) is 0.773. The van der Waals surface area contributed by atoms with Crippen molar-refractivity contribution in [3.8, 4) is 0 Å². The lowest BCUT2D eigenvalue weighted by Crippen LogP contribution is -2.31. The molecule has 0 bridgehead atoms. The second-order valence-electron chi connectivity index (χ2n) is 5.07. The molecular weight excluding hydrogens is 258 g/mol. The summed E-state index contributed by atoms with van der Waals surface area (Å²) < 4.78 is 0. The first-order chi connectivity index (χ1) is 9.24. The van der Waals surface area contributed by atoms with Crippen molar-refractivity contribution in [3.05, 3.63) is 29.8 Å². The Kier molecular flexibility index (Phi) is 5.28. The Morgan fingerprint density at radius 3 is 2.63 bits per heavy atom. The molecule has 1 amide bonds. The number of hydrogen-bond donors (Lipinski definition) is 2. The van der Waals surface area contributed by atoms with Gasteiger partial charge in [0.2, 0.25) is 0 Å². The SMILES string of the molecule is CSc1ccc(C(=O)NCC2CCCC2CO)cc1. The monoisotopic (exact) mass is 279 g/mol. The van der Waals surface area contributed by atoms with E-state index in [1.165, 1.54) is 0 Å². The highest BCUT2D eigenvalue weighted by Crippen LogP contribution is 2.30. The second kappa shape index (κ2) is 6.96. The van der Waals surface area contributed by atoms with Crippen molar-refractivity contribution in [2.45, 2.75) is 24.2 Å². The summed E-state index contributed by atoms with van der Waals surface area (Å²) in [6.07, 6.45) is 5.37. The predicted octanol–water partition coefficient (Wildman–Crippen LogP) is 2.55. The van der Waals surface area contributed by atoms with Gasteiger partial charge < -0.3 is 10.4 Å². The van der Waals surface area contributed by atoms with Crippen molar-refractivity contribution in [1.29, 1.82) is 0 Å². The molecule has 0 aromatic heterocycles. The molecule has 1 aliphatic carbocycles. The smallest absolute Gasteiger partial charge is 0.251 e. The number of rotatable bonds is 5. The van der Waals surface area contributed by atoms with Crippen LogP contribution in [0.5, 0.6) is 0 Å². The zero-order valence-electron chi connectivity index (χ0n) is 11.3. The lowest BCUT2D eigenvalue weighted by atomic mass is 9.97. The third-order valence-corrected chi connectivity index (χ3v) is 4.67. The number of hydrogen-bond acceptors (Lipinski definition) is 3. The van der Waals surface area contributed by atoms with E-state index in [-0.39, 0.29) is 12.5 Å². The lowest BCUT2D eigenvalue weighted by molar-refractivity contribution is 0.0937. The van der Waals surface area contributed by atoms with E-state index in [1.54, 1.807) is 11.8 Å². The Hall–Kier alpha value is -1.00. The summed E-state index contributed by atoms with van der Waals surface area (Å²) in [7, 11) is 0. The van der Waals surface area contributed by atoms with Crippen LogP contribution in [0.25, 0.3) is 0 Å². The van der Waals surface area contributed by atoms with Gasteiger partial charge in [-0.2, -0.15) is 0 Å². The summed E-state index contributed by atoms with van der Waals surface area (Å²) in [5, 5.41) is 12.2. The van der Waals surface area contributed by atoms with Crippen LogP contribution in [-0.4, -0.2) is 30.4 Å². The minimum atomic E-state index is -0.0174. The van der Waals surface area contributed by atoms with E-state index in [2.05, 4.69) is 5.32 Å². The molecule has 1 saturated carbocycles. The maximum atomic E-state index is 12.0. The number of aliphatic hydroxyl groups is 1. The number of carbonyl (C=O) groups excluding carboxylic acids is 1. The van der Waals surface area contributed by atoms with Crippen molar-refractivity contribution < 1.29 is 9.90 Å². The van der Waals surface area contributed by atoms with Crippen LogP contribution in [0.3, 0.4) is 0 Å². The van der Waals surface area contributed by atoms with Gasteiger partial charge in [-0.15, -0.1) is 11.8 Å². The average molecular weight is 279 g/mol. The molecule has 1 fully saturated rings. The molecule has 0 radical (unpaired) electrons. The standard InChI is InChI=1S/C15H21NO2S/c1-19-14-7-5-11(6-8-14)15(18)16-9-12-3-2-4-13(12)10-17/h5-8,12-13,17H,2-4,9-10H2,1H3,(H,16,18). The van der Waals surface area contributed by atoms with Crippen molar-refractivity contribution in [2.24, 2.45) is 11.8 Å². The van der Waals surface area contributed by atoms with Gasteiger partial charge in [0.25, 0.3) is 5.91 Å². The maximum absolute atomic E-state index is 12.0. The molecule has 0 spiro atoms. The Labute approximate surface area is 118 Å². The van der Waals surface area contributed by atoms with Crippen LogP contribution in [0.2, 0.25) is 0 Å². The normalized spacial score (nSPS) is 22.4. The van der Waals surface area contributed by atoms with E-state index in [4.69, 9.17) is 0 Å². The summed E-state index contributed by atoms with van der Waals surface area (Å²) in [4.78, 5) is 13.2. The molecule has 2 rings (SSSR count). The first kappa shape index (κ1) is 14.4. The van der Waals surface area contributed by atoms with Crippen molar-refractivity contribution in [2.75, 3.05) is 19.4 Å². The van der Waals surface area contributed by atoms with E-state index in [0.29, 0.717) is 23.9 Å². The molecule has 19 heavy (non-hydrogen) atoms. The van der Waals surface area contributed by atoms with Gasteiger partial charge in [-0.05, 0) is 55.2 Å². The molecule has 1 aliphatic rings. The fourth-order valence-corrected chi connectivity index (χ4v) is 3.10. The highest BCUT2D eigenvalue weighted by atomic mass is 32.2. The molecule has 104 valence electrons. The quantitative estimate of drug-likeness (QED) is 0.814. The molecule has 0 saturated heterocycles. The predicted molar refractivity (Wildman–Crippen MR) is 78.5 cm³/mol. The molecule has 0 heterocycles. The second-order valence-corrected chi connectivity index (χ2v) is 5.95. The topological polar surface area (TPSA) is 49.3 Å². The summed E-state index contributed by atoms with van der Waals surface area (Å²) in [6, 6.07) is 7.65. The Bertz CT molecular complexity index is 419. The third kappa shape index (κ3) is 3.74. The fourth-order valence-electron chi connectivity index (χ4n) is 2.69. The minimum Gasteiger partial charge on any atom is -0.396 e. The van der Waals surface area contributed by atoms with Crippen LogP contribution in [0.4, 0.5) is 0 Å². The molecule has 2 unspecified atom stereocenters. The van der Waals surface area contributed by atoms with Gasteiger partial charge in [-0.3, -0.25) is 4.79 Å². The van der Waals surface area contributed by atoms with Gasteiger partial charge in [0.1, 0.15) is 0 Å². The van der Waals surface area contributed by atoms with Gasteiger partial charge in [0, 0.05) is 23.6 Å². The first-order valence-corrected chi connectivity index (χ1v) is 8.00. The zero-order chi connectivity index (χ0) is 13.7. The number of amides is 1. The summed E-state index contributed by atoms with van der Waals surface area (Å²) in [5.41, 5.74) is 0.705. The van der Waals surface area contributed by atoms with Gasteiger partial charge >= 0.3 is 0 Å². The molecule has 3 nitrogen and oxygen atoms in total. The van der Waals surface area contributed by atoms with E-state index in [0.717, 1.165) is 24.2 Å². The van der Waals surface area contributed by atoms with E-state index in [1.807, 2.05) is 30.5 Å². The lowest BCUT2D eigenvalue weighted by Gasteiger charge is -2.17. The van der Waals surface area contributed by atoms with Crippen LogP contribution in [0, 0.1) is 11.8 Å². The van der Waals surface area contributed by atoms with E-state index < -0.39 is 0 Å². The van der Waals surface area contributed by atoms with Crippen LogP contribution >= 0.6 is 11.8 Å². The van der Waals surface area contributed by atoms with E-state index >= 15 is 0 Å². The highest BCUT2D eigenvalue weighted by molar-refractivity contribution is 7.98. The van der Waals surface area contributed by atoms with Crippen molar-refractivity contribution in [1.82, 2.24) is 5.32 Å². The van der Waals surface area contributed by atoms with Crippen LogP contribution in [0.1, 0.15) is 29.6 Å². The van der Waals surface area contributed by atoms with Crippen LogP contribution < -0.4 is 5.32 Å². The first-order valence-electron chi connectivity index (χ1n) is 6.77. The number of nitrogens with one attached hydrogen (secondary N) is 1. The molecule has 2 N–H and O–H groups in total. The zero-order valence-corrected chi connectivity index (χ0v) is 12.1. The Balaban J connectivity index is 1.86. The number of benzene rings is 1. The van der Waals surface area contributed by atoms with Crippen LogP contribution in [-0.2, 0) is 0 Å². The number of thioether (sulfide) groups is 1.